The van der Waals surface area contributed by atoms with E-state index in [1.807, 2.05) is 0 Å². The molecule has 2 amide bonds. The maximum Gasteiger partial charge on any atom is 0.364 e. The van der Waals surface area contributed by atoms with Crippen molar-refractivity contribution in [2.24, 2.45) is 0 Å². The van der Waals surface area contributed by atoms with Gasteiger partial charge in [-0.2, -0.15) is 8.42 Å². The summed E-state index contributed by atoms with van der Waals surface area (Å²) in [5.74, 6) is -3.57. The summed E-state index contributed by atoms with van der Waals surface area (Å²) in [4.78, 5) is 56.2. The third kappa shape index (κ3) is 3.86. The predicted molar refractivity (Wildman–Crippen MR) is 118 cm³/mol. The highest BCUT2D eigenvalue weighted by Gasteiger charge is 2.33. The molecule has 1 fully saturated rings. The van der Waals surface area contributed by atoms with Crippen LogP contribution >= 0.6 is 11.6 Å². The average Bonchev–Trinajstić information content (AvgIpc) is 3.36. The fourth-order valence-electron chi connectivity index (χ4n) is 3.54. The second-order valence-electron chi connectivity index (χ2n) is 7.54. The number of fused-ring (bicyclic) bond motifs is 2. The number of aromatic nitrogens is 1. The quantitative estimate of drug-likeness (QED) is 0.221. The van der Waals surface area contributed by atoms with E-state index in [1.54, 1.807) is 0 Å². The molecule has 0 unspecified atom stereocenters. The number of hydroxylamine groups is 2. The van der Waals surface area contributed by atoms with Crippen LogP contribution in [0.2, 0.25) is 5.02 Å². The molecule has 13 nitrogen and oxygen atoms in total. The number of oxazole rings is 1. The molecular formula is C21H11ClN2O11S. The van der Waals surface area contributed by atoms with Crippen molar-refractivity contribution in [1.29, 1.82) is 0 Å². The van der Waals surface area contributed by atoms with Crippen LogP contribution in [-0.2, 0) is 24.5 Å². The van der Waals surface area contributed by atoms with E-state index in [4.69, 9.17) is 25.3 Å². The zero-order valence-electron chi connectivity index (χ0n) is 17.6. The minimum Gasteiger partial charge on any atom is -0.505 e. The van der Waals surface area contributed by atoms with Gasteiger partial charge in [0.2, 0.25) is 5.89 Å². The Bertz CT molecular complexity index is 1790. The molecule has 1 aliphatic heterocycles. The second kappa shape index (κ2) is 8.15. The number of carbonyl (C=O) groups excluding carboxylic acids is 3. The first-order valence-corrected chi connectivity index (χ1v) is 11.7. The van der Waals surface area contributed by atoms with Crippen molar-refractivity contribution in [1.82, 2.24) is 10.0 Å². The molecule has 2 N–H and O–H groups in total. The topological polar surface area (TPSA) is 195 Å². The number of hydrogen-bond donors (Lipinski definition) is 2. The molecule has 2 aromatic carbocycles. The molecule has 4 aromatic rings. The number of hydrogen-bond acceptors (Lipinski definition) is 11. The van der Waals surface area contributed by atoms with E-state index in [0.29, 0.717) is 5.06 Å². The lowest BCUT2D eigenvalue weighted by Crippen LogP contribution is -2.32. The molecule has 15 heteroatoms. The van der Waals surface area contributed by atoms with Gasteiger partial charge in [-0.15, -0.1) is 5.06 Å². The van der Waals surface area contributed by atoms with Crippen LogP contribution in [0.3, 0.4) is 0 Å². The molecule has 0 aliphatic carbocycles. The Hall–Kier alpha value is -4.27. The summed E-state index contributed by atoms with van der Waals surface area (Å²) in [6.45, 7) is 0. The number of phenols is 1. The van der Waals surface area contributed by atoms with E-state index < -0.39 is 54.8 Å². The molecule has 1 saturated heterocycles. The van der Waals surface area contributed by atoms with E-state index >= 15 is 0 Å². The van der Waals surface area contributed by atoms with Gasteiger partial charge in [-0.05, 0) is 30.3 Å². The largest absolute Gasteiger partial charge is 0.505 e. The van der Waals surface area contributed by atoms with Crippen LogP contribution in [-0.4, -0.2) is 45.9 Å². The molecule has 0 radical (unpaired) electrons. The Morgan fingerprint density at radius 1 is 1.08 bits per heavy atom. The lowest BCUT2D eigenvalue weighted by atomic mass is 10.1. The third-order valence-electron chi connectivity index (χ3n) is 5.20. The third-order valence-corrected chi connectivity index (χ3v) is 6.38. The van der Waals surface area contributed by atoms with E-state index in [2.05, 4.69) is 4.98 Å². The van der Waals surface area contributed by atoms with Gasteiger partial charge in [0, 0.05) is 18.2 Å². The van der Waals surface area contributed by atoms with Gasteiger partial charge in [-0.1, -0.05) is 11.6 Å². The van der Waals surface area contributed by atoms with Gasteiger partial charge in [0.1, 0.15) is 11.1 Å². The van der Waals surface area contributed by atoms with Gasteiger partial charge in [0.15, 0.2) is 21.8 Å². The Morgan fingerprint density at radius 3 is 2.44 bits per heavy atom. The number of amides is 2. The van der Waals surface area contributed by atoms with Gasteiger partial charge >= 0.3 is 21.7 Å². The lowest BCUT2D eigenvalue weighted by molar-refractivity contribution is -0.172. The smallest absolute Gasteiger partial charge is 0.364 e. The Balaban J connectivity index is 1.56. The van der Waals surface area contributed by atoms with Crippen LogP contribution in [0.5, 0.6) is 5.75 Å². The zero-order chi connectivity index (χ0) is 25.9. The summed E-state index contributed by atoms with van der Waals surface area (Å²) < 4.78 is 43.4. The summed E-state index contributed by atoms with van der Waals surface area (Å²) >= 11 is 5.85. The molecule has 184 valence electrons. The molecule has 3 heterocycles. The van der Waals surface area contributed by atoms with Crippen molar-refractivity contribution >= 4 is 61.6 Å². The first-order valence-electron chi connectivity index (χ1n) is 9.90. The lowest BCUT2D eigenvalue weighted by Gasteiger charge is -2.12. The fourth-order valence-corrected chi connectivity index (χ4v) is 4.56. The van der Waals surface area contributed by atoms with E-state index in [0.717, 1.165) is 12.1 Å². The highest BCUT2D eigenvalue weighted by Crippen LogP contribution is 2.38. The highest BCUT2D eigenvalue weighted by molar-refractivity contribution is 7.86. The molecule has 5 rings (SSSR count). The first-order chi connectivity index (χ1) is 16.9. The molecular weight excluding hydrogens is 524 g/mol. The van der Waals surface area contributed by atoms with Gasteiger partial charge in [-0.3, -0.25) is 14.1 Å². The number of imide groups is 1. The average molecular weight is 535 g/mol. The van der Waals surface area contributed by atoms with Gasteiger partial charge in [0.25, 0.3) is 11.8 Å². The molecule has 0 spiro atoms. The SMILES string of the molecule is O=C(ON1C(=O)CCC1=O)c1ccc2nc(-c3cc4cc(Cl)c(O)c(S(=O)(=O)O)c4oc3=O)oc2c1. The molecule has 1 aliphatic rings. The van der Waals surface area contributed by atoms with Crippen molar-refractivity contribution in [2.45, 2.75) is 17.7 Å². The van der Waals surface area contributed by atoms with Gasteiger partial charge in [-0.25, -0.2) is 14.6 Å². The standard InChI is InChI=1S/C21H11ClN2O11S/c22-11-6-9-5-10(21(29)34-17(9)18(16(11)27)36(30,31)32)19-23-12-2-1-8(7-13(12)33-19)20(28)35-24-14(25)3-4-15(24)26/h1-2,5-7,27H,3-4H2,(H,30,31,32). The maximum absolute atomic E-state index is 12.6. The van der Waals surface area contributed by atoms with Crippen molar-refractivity contribution < 1.29 is 46.1 Å². The summed E-state index contributed by atoms with van der Waals surface area (Å²) in [6.07, 6.45) is -0.136. The summed E-state index contributed by atoms with van der Waals surface area (Å²) in [5, 5.41) is 9.83. The zero-order valence-corrected chi connectivity index (χ0v) is 19.1. The monoisotopic (exact) mass is 534 g/mol. The normalized spacial score (nSPS) is 14.2. The summed E-state index contributed by atoms with van der Waals surface area (Å²) in [6, 6.07) is 6.11. The van der Waals surface area contributed by atoms with Crippen molar-refractivity contribution in [3.8, 4) is 17.2 Å². The molecule has 0 saturated carbocycles. The van der Waals surface area contributed by atoms with E-state index in [9.17, 15) is 37.3 Å². The highest BCUT2D eigenvalue weighted by atomic mass is 35.5. The second-order valence-corrected chi connectivity index (χ2v) is 9.30. The fraction of sp³-hybridized carbons (Fsp3) is 0.0952. The minimum atomic E-state index is -5.02. The Labute approximate surface area is 204 Å². The van der Waals surface area contributed by atoms with E-state index in [1.165, 1.54) is 18.2 Å². The van der Waals surface area contributed by atoms with Crippen molar-refractivity contribution in [3.05, 3.63) is 51.3 Å². The Kier molecular flexibility index (Phi) is 5.31. The molecule has 2 aromatic heterocycles. The van der Waals surface area contributed by atoms with Crippen LogP contribution in [0.25, 0.3) is 33.5 Å². The molecule has 0 bridgehead atoms. The van der Waals surface area contributed by atoms with Crippen molar-refractivity contribution in [2.75, 3.05) is 0 Å². The predicted octanol–water partition coefficient (Wildman–Crippen LogP) is 2.43. The van der Waals surface area contributed by atoms with Crippen LogP contribution in [0.15, 0.2) is 48.9 Å². The number of benzene rings is 2. The molecule has 0 atom stereocenters. The number of aromatic hydroxyl groups is 1. The number of rotatable bonds is 4. The number of halogens is 1. The van der Waals surface area contributed by atoms with Crippen LogP contribution in [0.4, 0.5) is 0 Å². The first kappa shape index (κ1) is 23.5. The summed E-state index contributed by atoms with van der Waals surface area (Å²) in [5.41, 5.74) is -1.87. The summed E-state index contributed by atoms with van der Waals surface area (Å²) in [7, 11) is -5.02. The van der Waals surface area contributed by atoms with Crippen molar-refractivity contribution in [3.63, 3.8) is 0 Å². The number of phenolic OH excluding ortho intramolecular Hbond substituents is 1. The maximum atomic E-state index is 12.6. The van der Waals surface area contributed by atoms with Crippen LogP contribution < -0.4 is 5.63 Å². The minimum absolute atomic E-state index is 0.0281. The molecule has 36 heavy (non-hydrogen) atoms. The van der Waals surface area contributed by atoms with Crippen LogP contribution in [0.1, 0.15) is 23.2 Å². The Morgan fingerprint density at radius 2 is 1.78 bits per heavy atom. The van der Waals surface area contributed by atoms with Crippen LogP contribution in [0, 0.1) is 0 Å². The number of carbonyl (C=O) groups is 3. The van der Waals surface area contributed by atoms with E-state index in [-0.39, 0.29) is 46.3 Å². The number of nitrogens with zero attached hydrogens (tertiary/aromatic N) is 2. The van der Waals surface area contributed by atoms with Gasteiger partial charge < -0.3 is 18.8 Å². The van der Waals surface area contributed by atoms with Gasteiger partial charge in [0.05, 0.1) is 10.6 Å².